The van der Waals surface area contributed by atoms with Crippen LogP contribution in [0.1, 0.15) is 23.6 Å². The fraction of sp³-hybridized carbons (Fsp3) is 0.308. The Morgan fingerprint density at radius 1 is 1.06 bits per heavy atom. The van der Waals surface area contributed by atoms with Crippen LogP contribution in [-0.4, -0.2) is 66.0 Å². The Balaban J connectivity index is 1.58. The average Bonchev–Trinajstić information content (AvgIpc) is 3.09. The van der Waals surface area contributed by atoms with E-state index in [1.165, 1.54) is 17.0 Å². The molecule has 2 aliphatic rings. The van der Waals surface area contributed by atoms with E-state index in [1.54, 1.807) is 24.3 Å². The highest BCUT2D eigenvalue weighted by Gasteiger charge is 2.43. The second-order valence-electron chi connectivity index (χ2n) is 8.10. The summed E-state index contributed by atoms with van der Waals surface area (Å²) in [5, 5.41) is 10.7. The molecule has 2 aromatic rings. The van der Waals surface area contributed by atoms with Gasteiger partial charge in [-0.3, -0.25) is 14.5 Å². The molecule has 4 rings (SSSR count). The molecule has 172 valence electrons. The molecule has 6 nitrogen and oxygen atoms in total. The van der Waals surface area contributed by atoms with Crippen molar-refractivity contribution in [3.63, 3.8) is 0 Å². The monoisotopic (exact) mass is 450 g/mol. The van der Waals surface area contributed by atoms with Crippen molar-refractivity contribution in [3.8, 4) is 0 Å². The Bertz CT molecular complexity index is 1060. The zero-order valence-electron chi connectivity index (χ0n) is 18.3. The summed E-state index contributed by atoms with van der Waals surface area (Å²) >= 11 is 0. The van der Waals surface area contributed by atoms with Crippen LogP contribution >= 0.6 is 0 Å². The Labute approximate surface area is 192 Å². The van der Waals surface area contributed by atoms with Crippen LogP contribution in [0.15, 0.2) is 72.0 Å². The first kappa shape index (κ1) is 22.9. The first-order valence-corrected chi connectivity index (χ1v) is 11.1. The van der Waals surface area contributed by atoms with Gasteiger partial charge in [0.15, 0.2) is 11.5 Å². The van der Waals surface area contributed by atoms with Gasteiger partial charge in [-0.25, -0.2) is 4.39 Å². The number of ketones is 1. The third-order valence-corrected chi connectivity index (χ3v) is 5.97. The largest absolute Gasteiger partial charge is 0.503 e. The van der Waals surface area contributed by atoms with Crippen molar-refractivity contribution in [1.82, 2.24) is 9.80 Å². The van der Waals surface area contributed by atoms with Crippen molar-refractivity contribution in [3.05, 3.63) is 88.9 Å². The molecule has 0 saturated carbocycles. The van der Waals surface area contributed by atoms with E-state index in [9.17, 15) is 19.1 Å². The molecule has 0 spiro atoms. The standard InChI is InChI=1S/C26H27FN2O4/c27-21-10-5-4-9-20(21)24-23(22(30)12-11-19-7-2-1-3-8-19)25(31)26(32)29(24)14-6-13-28-15-17-33-18-16-28/h1-5,7-12,24,31H,6,13-18H2/b12-11+/t24-/m0/s1. The highest BCUT2D eigenvalue weighted by molar-refractivity contribution is 6.14. The van der Waals surface area contributed by atoms with Gasteiger partial charge in [0.2, 0.25) is 0 Å². The summed E-state index contributed by atoms with van der Waals surface area (Å²) in [6.07, 6.45) is 3.57. The van der Waals surface area contributed by atoms with Gasteiger partial charge >= 0.3 is 0 Å². The highest BCUT2D eigenvalue weighted by atomic mass is 19.1. The van der Waals surface area contributed by atoms with Gasteiger partial charge in [0.05, 0.1) is 24.8 Å². The van der Waals surface area contributed by atoms with Crippen LogP contribution in [0.25, 0.3) is 6.08 Å². The Morgan fingerprint density at radius 3 is 2.48 bits per heavy atom. The van der Waals surface area contributed by atoms with Gasteiger partial charge in [-0.1, -0.05) is 54.6 Å². The van der Waals surface area contributed by atoms with Crippen LogP contribution in [0, 0.1) is 5.82 Å². The summed E-state index contributed by atoms with van der Waals surface area (Å²) in [5.74, 6) is -2.31. The van der Waals surface area contributed by atoms with E-state index < -0.39 is 29.3 Å². The summed E-state index contributed by atoms with van der Waals surface area (Å²) in [6, 6.07) is 14.3. The second-order valence-corrected chi connectivity index (χ2v) is 8.10. The Morgan fingerprint density at radius 2 is 1.76 bits per heavy atom. The third-order valence-electron chi connectivity index (χ3n) is 5.97. The molecule has 0 unspecified atom stereocenters. The summed E-state index contributed by atoms with van der Waals surface area (Å²) < 4.78 is 20.1. The summed E-state index contributed by atoms with van der Waals surface area (Å²) in [6.45, 7) is 4.03. The highest BCUT2D eigenvalue weighted by Crippen LogP contribution is 2.39. The number of hydrogen-bond acceptors (Lipinski definition) is 5. The predicted molar refractivity (Wildman–Crippen MR) is 123 cm³/mol. The lowest BCUT2D eigenvalue weighted by atomic mass is 9.95. The predicted octanol–water partition coefficient (Wildman–Crippen LogP) is 3.53. The third kappa shape index (κ3) is 5.21. The minimum Gasteiger partial charge on any atom is -0.503 e. The maximum Gasteiger partial charge on any atom is 0.290 e. The molecule has 1 amide bonds. The molecule has 1 N–H and O–H groups in total. The lowest BCUT2D eigenvalue weighted by Gasteiger charge is -2.30. The fourth-order valence-corrected chi connectivity index (χ4v) is 4.27. The Kier molecular flexibility index (Phi) is 7.32. The minimum absolute atomic E-state index is 0.0938. The van der Waals surface area contributed by atoms with Crippen molar-refractivity contribution < 1.29 is 23.8 Å². The van der Waals surface area contributed by atoms with E-state index in [-0.39, 0.29) is 11.1 Å². The molecule has 1 fully saturated rings. The maximum absolute atomic E-state index is 14.8. The van der Waals surface area contributed by atoms with Gasteiger partial charge in [0, 0.05) is 31.7 Å². The van der Waals surface area contributed by atoms with E-state index in [4.69, 9.17) is 4.74 Å². The fourth-order valence-electron chi connectivity index (χ4n) is 4.27. The molecule has 0 aliphatic carbocycles. The van der Waals surface area contributed by atoms with Crippen molar-refractivity contribution in [2.45, 2.75) is 12.5 Å². The lowest BCUT2D eigenvalue weighted by Crippen LogP contribution is -2.39. The number of carbonyl (C=O) groups is 2. The van der Waals surface area contributed by atoms with Gasteiger partial charge in [-0.05, 0) is 24.1 Å². The number of amides is 1. The van der Waals surface area contributed by atoms with Crippen molar-refractivity contribution in [1.29, 1.82) is 0 Å². The first-order valence-electron chi connectivity index (χ1n) is 11.1. The zero-order valence-corrected chi connectivity index (χ0v) is 18.3. The minimum atomic E-state index is -0.976. The van der Waals surface area contributed by atoms with Crippen LogP contribution in [0.3, 0.4) is 0 Å². The van der Waals surface area contributed by atoms with Crippen molar-refractivity contribution in [2.24, 2.45) is 0 Å². The van der Waals surface area contributed by atoms with Crippen molar-refractivity contribution >= 4 is 17.8 Å². The molecule has 2 aromatic carbocycles. The number of aliphatic hydroxyl groups excluding tert-OH is 1. The van der Waals surface area contributed by atoms with E-state index in [0.717, 1.165) is 25.2 Å². The molecule has 1 atom stereocenters. The molecule has 0 aromatic heterocycles. The zero-order chi connectivity index (χ0) is 23.2. The topological polar surface area (TPSA) is 70.1 Å². The molecule has 33 heavy (non-hydrogen) atoms. The number of morpholine rings is 1. The molecule has 1 saturated heterocycles. The number of benzene rings is 2. The molecule has 0 radical (unpaired) electrons. The van der Waals surface area contributed by atoms with Crippen molar-refractivity contribution in [2.75, 3.05) is 39.4 Å². The average molecular weight is 451 g/mol. The van der Waals surface area contributed by atoms with Gasteiger partial charge in [-0.2, -0.15) is 0 Å². The second kappa shape index (κ2) is 10.6. The number of hydrogen-bond donors (Lipinski definition) is 1. The quantitative estimate of drug-likeness (QED) is 0.623. The number of ether oxygens (including phenoxy) is 1. The lowest BCUT2D eigenvalue weighted by molar-refractivity contribution is -0.129. The normalized spacial score (nSPS) is 19.6. The van der Waals surface area contributed by atoms with Crippen LogP contribution in [0.5, 0.6) is 0 Å². The molecular weight excluding hydrogens is 423 g/mol. The van der Waals surface area contributed by atoms with Crippen LogP contribution in [0.4, 0.5) is 4.39 Å². The number of halogens is 1. The van der Waals surface area contributed by atoms with Crippen LogP contribution < -0.4 is 0 Å². The molecule has 2 aliphatic heterocycles. The van der Waals surface area contributed by atoms with Gasteiger partial charge in [0.25, 0.3) is 5.91 Å². The maximum atomic E-state index is 14.8. The Hall–Kier alpha value is -3.29. The van der Waals surface area contributed by atoms with Crippen LogP contribution in [0.2, 0.25) is 0 Å². The first-order chi connectivity index (χ1) is 16.1. The number of carbonyl (C=O) groups excluding carboxylic acids is 2. The van der Waals surface area contributed by atoms with E-state index in [2.05, 4.69) is 4.90 Å². The molecule has 0 bridgehead atoms. The van der Waals surface area contributed by atoms with Gasteiger partial charge in [-0.15, -0.1) is 0 Å². The van der Waals surface area contributed by atoms with Gasteiger partial charge in [0.1, 0.15) is 5.82 Å². The SMILES string of the molecule is O=C(/C=C/c1ccccc1)C1=C(O)C(=O)N(CCCN2CCOCC2)[C@H]1c1ccccc1F. The van der Waals surface area contributed by atoms with Crippen LogP contribution in [-0.2, 0) is 14.3 Å². The number of nitrogens with zero attached hydrogens (tertiary/aromatic N) is 2. The molecule has 2 heterocycles. The number of aliphatic hydroxyl groups is 1. The van der Waals surface area contributed by atoms with E-state index in [0.29, 0.717) is 26.2 Å². The molecular formula is C26H27FN2O4. The summed E-state index contributed by atoms with van der Waals surface area (Å²) in [7, 11) is 0. The molecule has 7 heteroatoms. The smallest absolute Gasteiger partial charge is 0.290 e. The summed E-state index contributed by atoms with van der Waals surface area (Å²) in [4.78, 5) is 29.7. The van der Waals surface area contributed by atoms with E-state index >= 15 is 0 Å². The summed E-state index contributed by atoms with van der Waals surface area (Å²) in [5.41, 5.74) is 0.904. The van der Waals surface area contributed by atoms with E-state index in [1.807, 2.05) is 30.3 Å². The number of rotatable bonds is 8. The number of allylic oxidation sites excluding steroid dienone is 1. The van der Waals surface area contributed by atoms with Gasteiger partial charge < -0.3 is 14.7 Å².